The molecular weight excluding hydrogens is 344 g/mol. The zero-order chi connectivity index (χ0) is 17.3. The highest BCUT2D eigenvalue weighted by Gasteiger charge is 2.24. The summed E-state index contributed by atoms with van der Waals surface area (Å²) in [6.07, 6.45) is 4.94. The van der Waals surface area contributed by atoms with E-state index < -0.39 is 0 Å². The lowest BCUT2D eigenvalue weighted by Crippen LogP contribution is -2.40. The number of benzene rings is 2. The Balaban J connectivity index is 0.00000243. The first-order valence-corrected chi connectivity index (χ1v) is 9.40. The molecule has 1 aliphatic heterocycles. The van der Waals surface area contributed by atoms with Crippen LogP contribution in [0.1, 0.15) is 30.4 Å². The Hall–Kier alpha value is -1.84. The smallest absolute Gasteiger partial charge is 0.224 e. The zero-order valence-corrected chi connectivity index (χ0v) is 16.0. The summed E-state index contributed by atoms with van der Waals surface area (Å²) < 4.78 is 0. The Morgan fingerprint density at radius 1 is 0.962 bits per heavy atom. The molecule has 1 fully saturated rings. The third-order valence-electron chi connectivity index (χ3n) is 5.03. The summed E-state index contributed by atoms with van der Waals surface area (Å²) in [6, 6.07) is 21.3. The predicted octanol–water partition coefficient (Wildman–Crippen LogP) is 3.77. The van der Waals surface area contributed by atoms with Crippen LogP contribution in [0.2, 0.25) is 0 Å². The Bertz CT molecular complexity index is 598. The molecule has 2 aromatic rings. The SMILES string of the molecule is Cl.O=C(NC(CCc1ccccc1)CCc1ccccc1)C1CCNC1. The lowest BCUT2D eigenvalue weighted by molar-refractivity contribution is -0.125. The lowest BCUT2D eigenvalue weighted by Gasteiger charge is -2.21. The predicted molar refractivity (Wildman–Crippen MR) is 110 cm³/mol. The highest BCUT2D eigenvalue weighted by Crippen LogP contribution is 2.14. The molecule has 0 spiro atoms. The molecule has 0 aliphatic carbocycles. The minimum absolute atomic E-state index is 0. The van der Waals surface area contributed by atoms with Crippen molar-refractivity contribution in [3.05, 3.63) is 71.8 Å². The summed E-state index contributed by atoms with van der Waals surface area (Å²) in [5.74, 6) is 0.354. The Morgan fingerprint density at radius 3 is 1.96 bits per heavy atom. The van der Waals surface area contributed by atoms with E-state index in [1.807, 2.05) is 12.1 Å². The molecule has 0 bridgehead atoms. The van der Waals surface area contributed by atoms with Crippen LogP contribution in [0.4, 0.5) is 0 Å². The number of halogens is 1. The van der Waals surface area contributed by atoms with Gasteiger partial charge >= 0.3 is 0 Å². The monoisotopic (exact) mass is 372 g/mol. The first-order valence-electron chi connectivity index (χ1n) is 9.40. The second kappa shape index (κ2) is 11.0. The third kappa shape index (κ3) is 6.47. The van der Waals surface area contributed by atoms with Crippen LogP contribution < -0.4 is 10.6 Å². The molecule has 1 heterocycles. The van der Waals surface area contributed by atoms with Crippen molar-refractivity contribution in [1.29, 1.82) is 0 Å². The maximum Gasteiger partial charge on any atom is 0.224 e. The van der Waals surface area contributed by atoms with Gasteiger partial charge in [0.15, 0.2) is 0 Å². The standard InChI is InChI=1S/C22H28N2O.ClH/c25-22(20-15-16-23-17-20)24-21(13-11-18-7-3-1-4-8-18)14-12-19-9-5-2-6-10-19;/h1-10,20-21,23H,11-17H2,(H,24,25);1H. The summed E-state index contributed by atoms with van der Waals surface area (Å²) in [7, 11) is 0. The topological polar surface area (TPSA) is 41.1 Å². The molecule has 0 radical (unpaired) electrons. The lowest BCUT2D eigenvalue weighted by atomic mass is 9.98. The molecule has 3 nitrogen and oxygen atoms in total. The van der Waals surface area contributed by atoms with E-state index in [0.717, 1.165) is 45.2 Å². The number of rotatable bonds is 8. The van der Waals surface area contributed by atoms with Gasteiger partial charge in [-0.05, 0) is 49.8 Å². The van der Waals surface area contributed by atoms with E-state index in [4.69, 9.17) is 0 Å². The van der Waals surface area contributed by atoms with Gasteiger partial charge in [-0.1, -0.05) is 60.7 Å². The molecule has 2 aromatic carbocycles. The van der Waals surface area contributed by atoms with Gasteiger partial charge < -0.3 is 10.6 Å². The molecule has 1 amide bonds. The highest BCUT2D eigenvalue weighted by molar-refractivity contribution is 5.85. The van der Waals surface area contributed by atoms with Crippen molar-refractivity contribution in [2.75, 3.05) is 13.1 Å². The van der Waals surface area contributed by atoms with Gasteiger partial charge in [0.25, 0.3) is 0 Å². The van der Waals surface area contributed by atoms with Crippen LogP contribution in [0.5, 0.6) is 0 Å². The third-order valence-corrected chi connectivity index (χ3v) is 5.03. The molecule has 3 rings (SSSR count). The molecule has 26 heavy (non-hydrogen) atoms. The number of carbonyl (C=O) groups excluding carboxylic acids is 1. The molecule has 1 atom stereocenters. The van der Waals surface area contributed by atoms with Gasteiger partial charge in [-0.3, -0.25) is 4.79 Å². The molecule has 1 saturated heterocycles. The molecule has 4 heteroatoms. The van der Waals surface area contributed by atoms with E-state index in [-0.39, 0.29) is 30.3 Å². The highest BCUT2D eigenvalue weighted by atomic mass is 35.5. The van der Waals surface area contributed by atoms with Gasteiger partial charge in [-0.2, -0.15) is 0 Å². The Labute approximate surface area is 163 Å². The Kier molecular flexibility index (Phi) is 8.66. The van der Waals surface area contributed by atoms with Crippen LogP contribution in [-0.2, 0) is 17.6 Å². The van der Waals surface area contributed by atoms with Gasteiger partial charge in [-0.15, -0.1) is 12.4 Å². The number of carbonyl (C=O) groups is 1. The normalized spacial score (nSPS) is 16.3. The molecule has 1 aliphatic rings. The first kappa shape index (κ1) is 20.5. The summed E-state index contributed by atoms with van der Waals surface area (Å²) >= 11 is 0. The fourth-order valence-electron chi connectivity index (χ4n) is 3.46. The summed E-state index contributed by atoms with van der Waals surface area (Å²) in [5, 5.41) is 6.60. The number of aryl methyl sites for hydroxylation is 2. The molecule has 2 N–H and O–H groups in total. The quantitative estimate of drug-likeness (QED) is 0.740. The maximum absolute atomic E-state index is 12.5. The van der Waals surface area contributed by atoms with E-state index in [1.54, 1.807) is 0 Å². The van der Waals surface area contributed by atoms with E-state index in [0.29, 0.717) is 0 Å². The van der Waals surface area contributed by atoms with Crippen LogP contribution in [-0.4, -0.2) is 25.0 Å². The van der Waals surface area contributed by atoms with Gasteiger partial charge in [0.2, 0.25) is 5.91 Å². The molecular formula is C22H29ClN2O. The van der Waals surface area contributed by atoms with Crippen molar-refractivity contribution < 1.29 is 4.79 Å². The summed E-state index contributed by atoms with van der Waals surface area (Å²) in [5.41, 5.74) is 2.67. The van der Waals surface area contributed by atoms with Crippen LogP contribution >= 0.6 is 12.4 Å². The van der Waals surface area contributed by atoms with Gasteiger partial charge in [0.1, 0.15) is 0 Å². The number of hydrogen-bond donors (Lipinski definition) is 2. The van der Waals surface area contributed by atoms with Crippen LogP contribution in [0.25, 0.3) is 0 Å². The van der Waals surface area contributed by atoms with Crippen molar-refractivity contribution in [3.63, 3.8) is 0 Å². The molecule has 0 saturated carbocycles. The minimum atomic E-state index is 0. The van der Waals surface area contributed by atoms with Crippen molar-refractivity contribution in [2.24, 2.45) is 5.92 Å². The van der Waals surface area contributed by atoms with Crippen LogP contribution in [0.3, 0.4) is 0 Å². The summed E-state index contributed by atoms with van der Waals surface area (Å²) in [6.45, 7) is 1.77. The second-order valence-electron chi connectivity index (χ2n) is 6.94. The van der Waals surface area contributed by atoms with Crippen molar-refractivity contribution in [1.82, 2.24) is 10.6 Å². The zero-order valence-electron chi connectivity index (χ0n) is 15.2. The van der Waals surface area contributed by atoms with Crippen molar-refractivity contribution in [3.8, 4) is 0 Å². The number of nitrogens with one attached hydrogen (secondary N) is 2. The Morgan fingerprint density at radius 2 is 1.50 bits per heavy atom. The average molecular weight is 373 g/mol. The van der Waals surface area contributed by atoms with Gasteiger partial charge in [0, 0.05) is 12.6 Å². The molecule has 0 aromatic heterocycles. The molecule has 140 valence electrons. The van der Waals surface area contributed by atoms with Gasteiger partial charge in [0.05, 0.1) is 5.92 Å². The summed E-state index contributed by atoms with van der Waals surface area (Å²) in [4.78, 5) is 12.5. The average Bonchev–Trinajstić information content (AvgIpc) is 3.20. The molecule has 1 unspecified atom stereocenters. The second-order valence-corrected chi connectivity index (χ2v) is 6.94. The fraction of sp³-hybridized carbons (Fsp3) is 0.409. The van der Waals surface area contributed by atoms with E-state index in [9.17, 15) is 4.79 Å². The fourth-order valence-corrected chi connectivity index (χ4v) is 3.46. The van der Waals surface area contributed by atoms with Crippen LogP contribution in [0, 0.1) is 5.92 Å². The van der Waals surface area contributed by atoms with E-state index in [2.05, 4.69) is 59.2 Å². The maximum atomic E-state index is 12.5. The van der Waals surface area contributed by atoms with E-state index >= 15 is 0 Å². The van der Waals surface area contributed by atoms with E-state index in [1.165, 1.54) is 11.1 Å². The van der Waals surface area contributed by atoms with Crippen LogP contribution in [0.15, 0.2) is 60.7 Å². The first-order chi connectivity index (χ1) is 12.3. The number of amides is 1. The van der Waals surface area contributed by atoms with Crippen molar-refractivity contribution in [2.45, 2.75) is 38.1 Å². The minimum Gasteiger partial charge on any atom is -0.353 e. The van der Waals surface area contributed by atoms with Gasteiger partial charge in [-0.25, -0.2) is 0 Å². The van der Waals surface area contributed by atoms with Crippen molar-refractivity contribution >= 4 is 18.3 Å². The largest absolute Gasteiger partial charge is 0.353 e. The number of hydrogen-bond acceptors (Lipinski definition) is 2.